The van der Waals surface area contributed by atoms with Crippen molar-refractivity contribution in [3.05, 3.63) is 29.6 Å². The summed E-state index contributed by atoms with van der Waals surface area (Å²) in [4.78, 5) is 14.0. The second-order valence-corrected chi connectivity index (χ2v) is 4.76. The molecule has 104 valence electrons. The van der Waals surface area contributed by atoms with Gasteiger partial charge in [-0.3, -0.25) is 4.79 Å². The van der Waals surface area contributed by atoms with Gasteiger partial charge in [0.25, 0.3) is 0 Å². The molecule has 0 bridgehead atoms. The van der Waals surface area contributed by atoms with Crippen molar-refractivity contribution in [3.8, 4) is 5.75 Å². The van der Waals surface area contributed by atoms with E-state index in [1.54, 1.807) is 12.1 Å². The normalized spacial score (nSPS) is 18.7. The van der Waals surface area contributed by atoms with Crippen molar-refractivity contribution < 1.29 is 13.9 Å². The van der Waals surface area contributed by atoms with Gasteiger partial charge in [0, 0.05) is 19.1 Å². The highest BCUT2D eigenvalue weighted by Crippen LogP contribution is 2.20. The molecule has 1 heterocycles. The molecule has 4 nitrogen and oxygen atoms in total. The first-order valence-corrected chi connectivity index (χ1v) is 6.47. The van der Waals surface area contributed by atoms with Gasteiger partial charge >= 0.3 is 0 Å². The van der Waals surface area contributed by atoms with Gasteiger partial charge in [-0.15, -0.1) is 0 Å². The van der Waals surface area contributed by atoms with Crippen LogP contribution in [0.15, 0.2) is 18.2 Å². The summed E-state index contributed by atoms with van der Waals surface area (Å²) in [6, 6.07) is 4.75. The SMILES string of the molecule is COc1ccc(CC(=O)N2CCCC2CN)cc1F. The minimum absolute atomic E-state index is 0.0116. The number of carbonyl (C=O) groups is 1. The highest BCUT2D eigenvalue weighted by molar-refractivity contribution is 5.79. The van der Waals surface area contributed by atoms with E-state index in [1.165, 1.54) is 13.2 Å². The van der Waals surface area contributed by atoms with Crippen molar-refractivity contribution in [1.29, 1.82) is 0 Å². The molecule has 2 rings (SSSR count). The lowest BCUT2D eigenvalue weighted by Crippen LogP contribution is -2.40. The number of carbonyl (C=O) groups excluding carboxylic acids is 1. The Morgan fingerprint density at radius 3 is 3.00 bits per heavy atom. The van der Waals surface area contributed by atoms with Gasteiger partial charge in [0.15, 0.2) is 11.6 Å². The van der Waals surface area contributed by atoms with E-state index in [1.807, 2.05) is 4.90 Å². The van der Waals surface area contributed by atoms with Gasteiger partial charge in [-0.05, 0) is 30.5 Å². The molecule has 0 radical (unpaired) electrons. The zero-order chi connectivity index (χ0) is 13.8. The highest BCUT2D eigenvalue weighted by Gasteiger charge is 2.27. The molecule has 1 aliphatic rings. The molecule has 1 aromatic rings. The Morgan fingerprint density at radius 1 is 1.58 bits per heavy atom. The van der Waals surface area contributed by atoms with Crippen molar-refractivity contribution in [2.24, 2.45) is 5.73 Å². The summed E-state index contributed by atoms with van der Waals surface area (Å²) in [6.45, 7) is 1.24. The molecule has 1 amide bonds. The summed E-state index contributed by atoms with van der Waals surface area (Å²) in [6.07, 6.45) is 2.15. The molecule has 0 aromatic heterocycles. The second kappa shape index (κ2) is 6.02. The maximum absolute atomic E-state index is 13.6. The number of nitrogens with zero attached hydrogens (tertiary/aromatic N) is 1. The van der Waals surface area contributed by atoms with Crippen LogP contribution < -0.4 is 10.5 Å². The predicted molar refractivity (Wildman–Crippen MR) is 70.4 cm³/mol. The van der Waals surface area contributed by atoms with E-state index in [0.29, 0.717) is 12.1 Å². The molecule has 1 fully saturated rings. The van der Waals surface area contributed by atoms with Gasteiger partial charge in [-0.2, -0.15) is 0 Å². The number of ether oxygens (including phenoxy) is 1. The lowest BCUT2D eigenvalue weighted by atomic mass is 10.1. The molecule has 1 aliphatic heterocycles. The van der Waals surface area contributed by atoms with Gasteiger partial charge in [-0.25, -0.2) is 4.39 Å². The van der Waals surface area contributed by atoms with E-state index in [2.05, 4.69) is 0 Å². The molecule has 0 aliphatic carbocycles. The Kier molecular flexibility index (Phi) is 4.37. The van der Waals surface area contributed by atoms with E-state index in [0.717, 1.165) is 19.4 Å². The number of benzene rings is 1. The van der Waals surface area contributed by atoms with E-state index < -0.39 is 5.82 Å². The fourth-order valence-electron chi connectivity index (χ4n) is 2.51. The minimum atomic E-state index is -0.440. The molecular weight excluding hydrogens is 247 g/mol. The third kappa shape index (κ3) is 3.04. The standard InChI is InChI=1S/C14H19FN2O2/c1-19-13-5-4-10(7-12(13)15)8-14(18)17-6-2-3-11(17)9-16/h4-5,7,11H,2-3,6,8-9,16H2,1H3. The van der Waals surface area contributed by atoms with Crippen molar-refractivity contribution in [2.75, 3.05) is 20.2 Å². The van der Waals surface area contributed by atoms with Crippen LogP contribution >= 0.6 is 0 Å². The average molecular weight is 266 g/mol. The molecule has 1 aromatic carbocycles. The van der Waals surface area contributed by atoms with Crippen molar-refractivity contribution in [3.63, 3.8) is 0 Å². The molecule has 0 spiro atoms. The zero-order valence-electron chi connectivity index (χ0n) is 11.1. The van der Waals surface area contributed by atoms with Crippen LogP contribution in [0.1, 0.15) is 18.4 Å². The zero-order valence-corrected chi connectivity index (χ0v) is 11.1. The summed E-state index contributed by atoms with van der Waals surface area (Å²) in [5, 5.41) is 0. The van der Waals surface area contributed by atoms with Gasteiger partial charge in [0.05, 0.1) is 13.5 Å². The summed E-state index contributed by atoms with van der Waals surface area (Å²) in [7, 11) is 1.42. The number of halogens is 1. The van der Waals surface area contributed by atoms with Crippen LogP contribution in [0.25, 0.3) is 0 Å². The molecular formula is C14H19FN2O2. The van der Waals surface area contributed by atoms with Crippen LogP contribution in [0, 0.1) is 5.82 Å². The molecule has 1 atom stereocenters. The van der Waals surface area contributed by atoms with Gasteiger partial charge < -0.3 is 15.4 Å². The fraction of sp³-hybridized carbons (Fsp3) is 0.500. The maximum atomic E-state index is 13.6. The van der Waals surface area contributed by atoms with Crippen LogP contribution in [0.2, 0.25) is 0 Å². The Bertz CT molecular complexity index is 465. The molecule has 2 N–H and O–H groups in total. The van der Waals surface area contributed by atoms with Crippen molar-refractivity contribution >= 4 is 5.91 Å². The van der Waals surface area contributed by atoms with Crippen LogP contribution in [-0.2, 0) is 11.2 Å². The Hall–Kier alpha value is -1.62. The number of nitrogens with two attached hydrogens (primary N) is 1. The first-order valence-electron chi connectivity index (χ1n) is 6.47. The number of amides is 1. The Morgan fingerprint density at radius 2 is 2.37 bits per heavy atom. The third-order valence-corrected chi connectivity index (χ3v) is 3.54. The van der Waals surface area contributed by atoms with Crippen LogP contribution in [0.5, 0.6) is 5.75 Å². The number of likely N-dealkylation sites (tertiary alicyclic amines) is 1. The fourth-order valence-corrected chi connectivity index (χ4v) is 2.51. The molecule has 19 heavy (non-hydrogen) atoms. The van der Waals surface area contributed by atoms with Gasteiger partial charge in [0.2, 0.25) is 5.91 Å². The van der Waals surface area contributed by atoms with E-state index in [-0.39, 0.29) is 24.1 Å². The third-order valence-electron chi connectivity index (χ3n) is 3.54. The van der Waals surface area contributed by atoms with E-state index in [9.17, 15) is 9.18 Å². The second-order valence-electron chi connectivity index (χ2n) is 4.76. The van der Waals surface area contributed by atoms with Crippen LogP contribution in [0.3, 0.4) is 0 Å². The topological polar surface area (TPSA) is 55.6 Å². The highest BCUT2D eigenvalue weighted by atomic mass is 19.1. The smallest absolute Gasteiger partial charge is 0.227 e. The molecule has 0 saturated carbocycles. The number of methoxy groups -OCH3 is 1. The first-order chi connectivity index (χ1) is 9.15. The lowest BCUT2D eigenvalue weighted by Gasteiger charge is -2.23. The summed E-state index contributed by atoms with van der Waals surface area (Å²) in [5.74, 6) is -0.237. The van der Waals surface area contributed by atoms with Crippen LogP contribution in [0.4, 0.5) is 4.39 Å². The Balaban J connectivity index is 2.04. The summed E-state index contributed by atoms with van der Waals surface area (Å²) >= 11 is 0. The lowest BCUT2D eigenvalue weighted by molar-refractivity contribution is -0.131. The van der Waals surface area contributed by atoms with Gasteiger partial charge in [-0.1, -0.05) is 6.07 Å². The Labute approximate surface area is 112 Å². The molecule has 5 heteroatoms. The maximum Gasteiger partial charge on any atom is 0.227 e. The largest absolute Gasteiger partial charge is 0.494 e. The van der Waals surface area contributed by atoms with E-state index in [4.69, 9.17) is 10.5 Å². The average Bonchev–Trinajstić information content (AvgIpc) is 2.87. The minimum Gasteiger partial charge on any atom is -0.494 e. The number of hydrogen-bond donors (Lipinski definition) is 1. The predicted octanol–water partition coefficient (Wildman–Crippen LogP) is 1.33. The van der Waals surface area contributed by atoms with Crippen molar-refractivity contribution in [2.45, 2.75) is 25.3 Å². The monoisotopic (exact) mass is 266 g/mol. The first kappa shape index (κ1) is 13.8. The number of rotatable bonds is 4. The summed E-state index contributed by atoms with van der Waals surface area (Å²) in [5.41, 5.74) is 6.31. The van der Waals surface area contributed by atoms with Gasteiger partial charge in [0.1, 0.15) is 0 Å². The van der Waals surface area contributed by atoms with E-state index >= 15 is 0 Å². The van der Waals surface area contributed by atoms with Crippen LogP contribution in [-0.4, -0.2) is 37.0 Å². The quantitative estimate of drug-likeness (QED) is 0.894. The molecule has 1 unspecified atom stereocenters. The summed E-state index contributed by atoms with van der Waals surface area (Å²) < 4.78 is 18.4. The molecule has 1 saturated heterocycles. The number of hydrogen-bond acceptors (Lipinski definition) is 3. The van der Waals surface area contributed by atoms with Crippen molar-refractivity contribution in [1.82, 2.24) is 4.90 Å².